The topological polar surface area (TPSA) is 25.2 Å². The summed E-state index contributed by atoms with van der Waals surface area (Å²) in [6.07, 6.45) is 13.6. The molecular weight excluding hydrogens is 234 g/mol. The van der Waals surface area contributed by atoms with Crippen LogP contribution in [0.1, 0.15) is 82.6 Å². The molecule has 1 aromatic heterocycles. The number of fused-ring (bicyclic) bond motifs is 1. The van der Waals surface area contributed by atoms with Crippen molar-refractivity contribution in [3.63, 3.8) is 0 Å². The molecule has 0 amide bonds. The fraction of sp³-hybridized carbons (Fsp3) is 0.765. The average Bonchev–Trinajstić information content (AvgIpc) is 2.88. The Bertz CT molecular complexity index is 358. The van der Waals surface area contributed by atoms with Crippen molar-refractivity contribution in [3.8, 4) is 0 Å². The normalized spacial score (nSPS) is 20.2. The van der Waals surface area contributed by atoms with Gasteiger partial charge in [0.2, 0.25) is 0 Å². The van der Waals surface area contributed by atoms with Crippen molar-refractivity contribution >= 4 is 0 Å². The van der Waals surface area contributed by atoms with Crippen LogP contribution in [-0.4, -0.2) is 6.04 Å². The van der Waals surface area contributed by atoms with Gasteiger partial charge in [0.1, 0.15) is 5.76 Å². The van der Waals surface area contributed by atoms with E-state index in [0.29, 0.717) is 12.1 Å². The molecule has 0 saturated carbocycles. The third-order valence-corrected chi connectivity index (χ3v) is 4.28. The lowest BCUT2D eigenvalue weighted by molar-refractivity contribution is 0.367. The molecule has 1 aliphatic carbocycles. The van der Waals surface area contributed by atoms with Gasteiger partial charge in [-0.2, -0.15) is 0 Å². The minimum absolute atomic E-state index is 0.521. The molecule has 19 heavy (non-hydrogen) atoms. The Kier molecular flexibility index (Phi) is 5.96. The molecule has 2 atom stereocenters. The molecule has 0 fully saturated rings. The van der Waals surface area contributed by atoms with Crippen LogP contribution in [0.2, 0.25) is 0 Å². The summed E-state index contributed by atoms with van der Waals surface area (Å²) in [7, 11) is 0. The Morgan fingerprint density at radius 1 is 1.32 bits per heavy atom. The summed E-state index contributed by atoms with van der Waals surface area (Å²) in [5, 5.41) is 3.79. The fourth-order valence-electron chi connectivity index (χ4n) is 3.14. The zero-order valence-corrected chi connectivity index (χ0v) is 12.6. The van der Waals surface area contributed by atoms with Crippen molar-refractivity contribution < 1.29 is 4.42 Å². The minimum Gasteiger partial charge on any atom is -0.469 e. The van der Waals surface area contributed by atoms with Gasteiger partial charge in [-0.3, -0.25) is 0 Å². The van der Waals surface area contributed by atoms with E-state index in [1.54, 1.807) is 0 Å². The second kappa shape index (κ2) is 7.74. The third-order valence-electron chi connectivity index (χ3n) is 4.28. The van der Waals surface area contributed by atoms with Crippen LogP contribution < -0.4 is 5.32 Å². The molecule has 2 unspecified atom stereocenters. The summed E-state index contributed by atoms with van der Waals surface area (Å²) >= 11 is 0. The van der Waals surface area contributed by atoms with Crippen LogP contribution in [0.15, 0.2) is 16.7 Å². The highest BCUT2D eigenvalue weighted by Crippen LogP contribution is 2.31. The van der Waals surface area contributed by atoms with Gasteiger partial charge in [0.05, 0.1) is 6.26 Å². The molecule has 108 valence electrons. The molecule has 1 N–H and O–H groups in total. The second-order valence-electron chi connectivity index (χ2n) is 6.01. The number of unbranched alkanes of at least 4 members (excludes halogenated alkanes) is 4. The lowest BCUT2D eigenvalue weighted by atomic mass is 9.92. The van der Waals surface area contributed by atoms with E-state index in [9.17, 15) is 0 Å². The Morgan fingerprint density at radius 3 is 3.00 bits per heavy atom. The van der Waals surface area contributed by atoms with E-state index in [2.05, 4.69) is 25.2 Å². The van der Waals surface area contributed by atoms with E-state index < -0.39 is 0 Å². The van der Waals surface area contributed by atoms with Crippen LogP contribution in [0.3, 0.4) is 0 Å². The molecule has 0 spiro atoms. The van der Waals surface area contributed by atoms with Gasteiger partial charge in [-0.25, -0.2) is 0 Å². The predicted octanol–water partition coefficient (Wildman–Crippen LogP) is 5.00. The summed E-state index contributed by atoms with van der Waals surface area (Å²) in [5.41, 5.74) is 1.41. The van der Waals surface area contributed by atoms with Gasteiger partial charge in [0, 0.05) is 24.1 Å². The SMILES string of the molecule is CCCCCCCC(C)NC1CCCc2occc21. The number of nitrogens with one attached hydrogen (secondary N) is 1. The second-order valence-corrected chi connectivity index (χ2v) is 6.01. The van der Waals surface area contributed by atoms with E-state index in [-0.39, 0.29) is 0 Å². The van der Waals surface area contributed by atoms with Crippen LogP contribution >= 0.6 is 0 Å². The number of hydrogen-bond donors (Lipinski definition) is 1. The first-order valence-electron chi connectivity index (χ1n) is 8.13. The van der Waals surface area contributed by atoms with Gasteiger partial charge < -0.3 is 9.73 Å². The third kappa shape index (κ3) is 4.38. The van der Waals surface area contributed by atoms with Crippen LogP contribution in [-0.2, 0) is 6.42 Å². The Labute approximate surface area is 118 Å². The highest BCUT2D eigenvalue weighted by Gasteiger charge is 2.23. The van der Waals surface area contributed by atoms with Crippen molar-refractivity contribution in [1.82, 2.24) is 5.32 Å². The molecule has 1 aromatic rings. The van der Waals surface area contributed by atoms with E-state index in [4.69, 9.17) is 4.42 Å². The maximum atomic E-state index is 5.55. The van der Waals surface area contributed by atoms with Gasteiger partial charge in [0.15, 0.2) is 0 Å². The standard InChI is InChI=1S/C17H29NO/c1-3-4-5-6-7-9-14(2)18-16-10-8-11-17-15(16)12-13-19-17/h12-14,16,18H,3-11H2,1-2H3. The Hall–Kier alpha value is -0.760. The van der Waals surface area contributed by atoms with Crippen molar-refractivity contribution in [1.29, 1.82) is 0 Å². The molecule has 0 saturated heterocycles. The molecule has 0 aromatic carbocycles. The molecule has 2 rings (SSSR count). The first-order chi connectivity index (χ1) is 9.31. The highest BCUT2D eigenvalue weighted by molar-refractivity contribution is 5.24. The molecule has 0 bridgehead atoms. The molecule has 0 radical (unpaired) electrons. The quantitative estimate of drug-likeness (QED) is 0.668. The molecule has 1 aliphatic rings. The number of aryl methyl sites for hydroxylation is 1. The lowest BCUT2D eigenvalue weighted by Gasteiger charge is -2.26. The number of rotatable bonds is 8. The molecular formula is C17H29NO. The van der Waals surface area contributed by atoms with Gasteiger partial charge in [-0.05, 0) is 32.3 Å². The monoisotopic (exact) mass is 263 g/mol. The molecule has 1 heterocycles. The van der Waals surface area contributed by atoms with Crippen LogP contribution in [0.25, 0.3) is 0 Å². The van der Waals surface area contributed by atoms with Crippen LogP contribution in [0.4, 0.5) is 0 Å². The Morgan fingerprint density at radius 2 is 2.16 bits per heavy atom. The van der Waals surface area contributed by atoms with E-state index in [1.807, 2.05) is 6.26 Å². The highest BCUT2D eigenvalue weighted by atomic mass is 16.3. The first-order valence-corrected chi connectivity index (χ1v) is 8.13. The van der Waals surface area contributed by atoms with E-state index in [1.165, 1.54) is 62.7 Å². The van der Waals surface area contributed by atoms with Gasteiger partial charge in [0.25, 0.3) is 0 Å². The Balaban J connectivity index is 1.70. The lowest BCUT2D eigenvalue weighted by Crippen LogP contribution is -2.32. The average molecular weight is 263 g/mol. The fourth-order valence-corrected chi connectivity index (χ4v) is 3.14. The van der Waals surface area contributed by atoms with Gasteiger partial charge >= 0.3 is 0 Å². The predicted molar refractivity (Wildman–Crippen MR) is 80.4 cm³/mol. The van der Waals surface area contributed by atoms with Crippen LogP contribution in [0, 0.1) is 0 Å². The summed E-state index contributed by atoms with van der Waals surface area (Å²) in [5.74, 6) is 1.21. The van der Waals surface area contributed by atoms with E-state index >= 15 is 0 Å². The zero-order valence-electron chi connectivity index (χ0n) is 12.6. The summed E-state index contributed by atoms with van der Waals surface area (Å²) in [6, 6.07) is 3.29. The van der Waals surface area contributed by atoms with Crippen molar-refractivity contribution in [2.75, 3.05) is 0 Å². The first kappa shape index (κ1) is 14.6. The van der Waals surface area contributed by atoms with Gasteiger partial charge in [-0.15, -0.1) is 0 Å². The molecule has 2 nitrogen and oxygen atoms in total. The largest absolute Gasteiger partial charge is 0.469 e. The summed E-state index contributed by atoms with van der Waals surface area (Å²) in [6.45, 7) is 4.60. The smallest absolute Gasteiger partial charge is 0.108 e. The maximum Gasteiger partial charge on any atom is 0.108 e. The zero-order chi connectivity index (χ0) is 13.5. The van der Waals surface area contributed by atoms with Gasteiger partial charge in [-0.1, -0.05) is 39.0 Å². The molecule has 0 aliphatic heterocycles. The van der Waals surface area contributed by atoms with Crippen molar-refractivity contribution in [3.05, 3.63) is 23.7 Å². The molecule has 2 heteroatoms. The van der Waals surface area contributed by atoms with Crippen molar-refractivity contribution in [2.24, 2.45) is 0 Å². The minimum atomic E-state index is 0.521. The number of hydrogen-bond acceptors (Lipinski definition) is 2. The van der Waals surface area contributed by atoms with Crippen molar-refractivity contribution in [2.45, 2.75) is 83.7 Å². The maximum absolute atomic E-state index is 5.55. The summed E-state index contributed by atoms with van der Waals surface area (Å²) < 4.78 is 5.55. The summed E-state index contributed by atoms with van der Waals surface area (Å²) in [4.78, 5) is 0. The van der Waals surface area contributed by atoms with E-state index in [0.717, 1.165) is 6.42 Å². The van der Waals surface area contributed by atoms with Crippen LogP contribution in [0.5, 0.6) is 0 Å². The number of furan rings is 1.